The second-order valence-electron chi connectivity index (χ2n) is 10.4. The van der Waals surface area contributed by atoms with Gasteiger partial charge in [-0.15, -0.1) is 0 Å². The first-order valence-electron chi connectivity index (χ1n) is 14.6. The molecule has 0 aromatic heterocycles. The first-order valence-corrected chi connectivity index (χ1v) is 17.2. The van der Waals surface area contributed by atoms with Crippen molar-refractivity contribution in [3.05, 3.63) is 59.2 Å². The molecule has 14 nitrogen and oxygen atoms in total. The Hall–Kier alpha value is -4.96. The summed E-state index contributed by atoms with van der Waals surface area (Å²) in [7, 11) is 2.71. The van der Waals surface area contributed by atoms with E-state index in [4.69, 9.17) is 9.47 Å². The molecule has 16 heteroatoms. The molecule has 0 bridgehead atoms. The fraction of sp³-hybridized carbons (Fsp3) is 0.312. The van der Waals surface area contributed by atoms with Gasteiger partial charge in [0.05, 0.1) is 25.9 Å². The number of phenols is 2. The molecule has 0 saturated carbocycles. The van der Waals surface area contributed by atoms with Gasteiger partial charge in [-0.1, -0.05) is 21.6 Å². The molecule has 2 heterocycles. The van der Waals surface area contributed by atoms with Crippen LogP contribution in [0.1, 0.15) is 37.3 Å². The zero-order valence-corrected chi connectivity index (χ0v) is 27.6. The van der Waals surface area contributed by atoms with Crippen LogP contribution in [0.3, 0.4) is 0 Å². The van der Waals surface area contributed by atoms with Crippen molar-refractivity contribution in [2.45, 2.75) is 31.4 Å². The van der Waals surface area contributed by atoms with Gasteiger partial charge < -0.3 is 19.7 Å². The number of imide groups is 2. The third-order valence-corrected chi connectivity index (χ3v) is 9.03. The zero-order valence-electron chi connectivity index (χ0n) is 26.0. The molecule has 4 amide bonds. The van der Waals surface area contributed by atoms with Crippen LogP contribution in [-0.4, -0.2) is 106 Å². The lowest BCUT2D eigenvalue weighted by Gasteiger charge is -2.14. The predicted molar refractivity (Wildman–Crippen MR) is 178 cm³/mol. The molecule has 0 spiro atoms. The van der Waals surface area contributed by atoms with Crippen molar-refractivity contribution in [1.29, 1.82) is 0 Å². The highest BCUT2D eigenvalue weighted by molar-refractivity contribution is 8.76. The summed E-state index contributed by atoms with van der Waals surface area (Å²) >= 11 is 0. The average molecular weight is 697 g/mol. The van der Waals surface area contributed by atoms with Gasteiger partial charge in [0, 0.05) is 54.7 Å². The largest absolute Gasteiger partial charge is 0.507 e. The Morgan fingerprint density at radius 1 is 0.875 bits per heavy atom. The Morgan fingerprint density at radius 3 is 1.88 bits per heavy atom. The van der Waals surface area contributed by atoms with Gasteiger partial charge in [0.1, 0.15) is 28.2 Å². The Morgan fingerprint density at radius 2 is 1.40 bits per heavy atom. The highest BCUT2D eigenvalue weighted by atomic mass is 33.1. The van der Waals surface area contributed by atoms with Crippen molar-refractivity contribution in [2.24, 2.45) is 9.98 Å². The number of likely N-dealkylation sites (tertiary alicyclic amines) is 1. The summed E-state index contributed by atoms with van der Waals surface area (Å²) in [4.78, 5) is 83.4. The number of carbonyl (C=O) groups excluding carboxylic acids is 6. The minimum atomic E-state index is -0.667. The van der Waals surface area contributed by atoms with E-state index in [1.165, 1.54) is 83.4 Å². The lowest BCUT2D eigenvalue weighted by Crippen LogP contribution is -2.33. The number of aromatic hydroxyl groups is 2. The number of rotatable bonds is 15. The number of carbonyl (C=O) groups is 6. The van der Waals surface area contributed by atoms with Crippen LogP contribution in [0.5, 0.6) is 23.0 Å². The van der Waals surface area contributed by atoms with E-state index in [1.54, 1.807) is 0 Å². The molecule has 0 radical (unpaired) electrons. The minimum absolute atomic E-state index is 0.0782. The van der Waals surface area contributed by atoms with Crippen molar-refractivity contribution in [2.75, 3.05) is 32.4 Å². The molecule has 1 atom stereocenters. The van der Waals surface area contributed by atoms with Crippen LogP contribution in [0, 0.1) is 0 Å². The Labute approximate surface area is 283 Å². The number of esters is 2. The molecular formula is C32H32N4O10S2. The lowest BCUT2D eigenvalue weighted by molar-refractivity contribution is -0.142. The topological polar surface area (TPSA) is 193 Å². The standard InChI is InChI=1S/C32H32N4O10S2/c1-19-13-27(39)35(31(19)43)11-7-29(41)45-22-3-5-24(37)20(14-22)17-33-9-10-34-18-21-15-23(4-6-25(21)38)46-30(42)8-12-36-28(40)16-26(32(36)44)48-47-2/h3-6,13-15,17-18,26,37-38H,7-12,16H2,1-2H3. The highest BCUT2D eigenvalue weighted by Crippen LogP contribution is 2.32. The summed E-state index contributed by atoms with van der Waals surface area (Å²) in [6.07, 6.45) is 5.50. The van der Waals surface area contributed by atoms with Gasteiger partial charge in [0.2, 0.25) is 11.8 Å². The molecule has 2 N–H and O–H groups in total. The lowest BCUT2D eigenvalue weighted by atomic mass is 10.2. The quantitative estimate of drug-likeness (QED) is 0.0692. The van der Waals surface area contributed by atoms with Gasteiger partial charge in [-0.05, 0) is 49.6 Å². The zero-order chi connectivity index (χ0) is 34.8. The molecule has 48 heavy (non-hydrogen) atoms. The van der Waals surface area contributed by atoms with Crippen molar-refractivity contribution < 1.29 is 48.5 Å². The fourth-order valence-corrected chi connectivity index (χ4v) is 6.34. The van der Waals surface area contributed by atoms with Crippen molar-refractivity contribution >= 4 is 69.6 Å². The number of ether oxygens (including phenoxy) is 2. The molecule has 252 valence electrons. The maximum Gasteiger partial charge on any atom is 0.312 e. The Bertz CT molecular complexity index is 1710. The molecular weight excluding hydrogens is 665 g/mol. The maximum atomic E-state index is 12.4. The van der Waals surface area contributed by atoms with E-state index < -0.39 is 29.0 Å². The molecule has 1 saturated heterocycles. The first kappa shape index (κ1) is 35.9. The molecule has 1 fully saturated rings. The van der Waals surface area contributed by atoms with E-state index in [1.807, 2.05) is 6.26 Å². The number of hydrogen-bond donors (Lipinski definition) is 2. The van der Waals surface area contributed by atoms with E-state index in [0.29, 0.717) is 5.57 Å². The second-order valence-corrected chi connectivity index (χ2v) is 13.1. The van der Waals surface area contributed by atoms with Crippen molar-refractivity contribution in [3.8, 4) is 23.0 Å². The van der Waals surface area contributed by atoms with E-state index in [-0.39, 0.29) is 91.4 Å². The average Bonchev–Trinajstić information content (AvgIpc) is 3.45. The fourth-order valence-electron chi connectivity index (χ4n) is 4.54. The maximum absolute atomic E-state index is 12.4. The summed E-state index contributed by atoms with van der Waals surface area (Å²) in [5, 5.41) is 19.9. The Balaban J connectivity index is 1.23. The molecule has 0 aliphatic carbocycles. The van der Waals surface area contributed by atoms with Gasteiger partial charge in [0.25, 0.3) is 11.8 Å². The number of nitrogens with zero attached hydrogens (tertiary/aromatic N) is 4. The molecule has 4 rings (SSSR count). The highest BCUT2D eigenvalue weighted by Gasteiger charge is 2.39. The van der Waals surface area contributed by atoms with Gasteiger partial charge in [-0.2, -0.15) is 0 Å². The normalized spacial score (nSPS) is 16.5. The van der Waals surface area contributed by atoms with Crippen LogP contribution >= 0.6 is 21.6 Å². The van der Waals surface area contributed by atoms with Crippen LogP contribution in [-0.2, 0) is 28.8 Å². The van der Waals surface area contributed by atoms with E-state index in [9.17, 15) is 39.0 Å². The Kier molecular flexibility index (Phi) is 12.5. The predicted octanol–water partition coefficient (Wildman–Crippen LogP) is 2.68. The van der Waals surface area contributed by atoms with Crippen LogP contribution < -0.4 is 9.47 Å². The van der Waals surface area contributed by atoms with Crippen LogP contribution in [0.2, 0.25) is 0 Å². The third-order valence-electron chi connectivity index (χ3n) is 6.96. The minimum Gasteiger partial charge on any atom is -0.507 e. The number of benzene rings is 2. The molecule has 1 unspecified atom stereocenters. The number of aliphatic imine (C=N–C) groups is 2. The van der Waals surface area contributed by atoms with Gasteiger partial charge in [0.15, 0.2) is 0 Å². The molecule has 2 aromatic carbocycles. The number of amides is 4. The summed E-state index contributed by atoms with van der Waals surface area (Å²) in [6.45, 7) is 1.72. The molecule has 2 aliphatic rings. The van der Waals surface area contributed by atoms with Gasteiger partial charge >= 0.3 is 11.9 Å². The summed E-state index contributed by atoms with van der Waals surface area (Å²) in [5.74, 6) is -2.81. The summed E-state index contributed by atoms with van der Waals surface area (Å²) in [6, 6.07) is 8.29. The third kappa shape index (κ3) is 9.54. The summed E-state index contributed by atoms with van der Waals surface area (Å²) in [5.41, 5.74) is 0.859. The van der Waals surface area contributed by atoms with Gasteiger partial charge in [-0.25, -0.2) is 0 Å². The molecule has 2 aliphatic heterocycles. The molecule has 2 aromatic rings. The van der Waals surface area contributed by atoms with E-state index in [2.05, 4.69) is 9.98 Å². The van der Waals surface area contributed by atoms with Crippen molar-refractivity contribution in [3.63, 3.8) is 0 Å². The SMILES string of the molecule is CSSC1CC(=O)N(CCC(=O)Oc2ccc(O)c(C=NCCN=Cc3cc(OC(=O)CCN4C(=O)C=C(C)C4=O)ccc3O)c2)C1=O. The second kappa shape index (κ2) is 16.7. The van der Waals surface area contributed by atoms with Gasteiger partial charge in [-0.3, -0.25) is 48.6 Å². The first-order chi connectivity index (χ1) is 23.0. The van der Waals surface area contributed by atoms with Crippen LogP contribution in [0.25, 0.3) is 0 Å². The van der Waals surface area contributed by atoms with E-state index >= 15 is 0 Å². The monoisotopic (exact) mass is 696 g/mol. The number of phenolic OH excluding ortho intramolecular Hbond substituents is 2. The van der Waals surface area contributed by atoms with Crippen LogP contribution in [0.15, 0.2) is 58.0 Å². The summed E-state index contributed by atoms with van der Waals surface area (Å²) < 4.78 is 10.6. The van der Waals surface area contributed by atoms with Crippen molar-refractivity contribution in [1.82, 2.24) is 9.80 Å². The smallest absolute Gasteiger partial charge is 0.312 e. The van der Waals surface area contributed by atoms with E-state index in [0.717, 1.165) is 9.80 Å². The number of hydrogen-bond acceptors (Lipinski definition) is 14. The van der Waals surface area contributed by atoms with Crippen LogP contribution in [0.4, 0.5) is 0 Å².